The van der Waals surface area contributed by atoms with E-state index >= 15 is 0 Å². The van der Waals surface area contributed by atoms with Crippen LogP contribution >= 0.6 is 0 Å². The Bertz CT molecular complexity index is 716. The largest absolute Gasteiger partial charge is 0.329 e. The maximum atomic E-state index is 11.4. The second-order valence-electron chi connectivity index (χ2n) is 5.58. The van der Waals surface area contributed by atoms with Crippen molar-refractivity contribution < 1.29 is 8.42 Å². The number of benzene rings is 1. The fourth-order valence-electron chi connectivity index (χ4n) is 2.21. The summed E-state index contributed by atoms with van der Waals surface area (Å²) in [5.41, 5.74) is 2.21. The van der Waals surface area contributed by atoms with Crippen molar-refractivity contribution in [2.24, 2.45) is 0 Å². The zero-order valence-electron chi connectivity index (χ0n) is 12.0. The van der Waals surface area contributed by atoms with E-state index in [-0.39, 0.29) is 0 Å². The Balaban J connectivity index is 1.69. The molecule has 0 bridgehead atoms. The first kappa shape index (κ1) is 14.3. The van der Waals surface area contributed by atoms with E-state index in [9.17, 15) is 8.42 Å². The van der Waals surface area contributed by atoms with Crippen LogP contribution in [0.1, 0.15) is 24.1 Å². The molecule has 1 aliphatic carbocycles. The molecule has 6 heteroatoms. The molecule has 1 aromatic heterocycles. The SMILES string of the molecule is CS(=O)(=O)c1ccc(Cn2cncc2CNC2CC2)cc1. The molecule has 0 spiro atoms. The molecule has 5 nitrogen and oxygen atoms in total. The summed E-state index contributed by atoms with van der Waals surface area (Å²) in [5, 5.41) is 3.47. The maximum absolute atomic E-state index is 11.4. The molecular weight excluding hydrogens is 286 g/mol. The predicted octanol–water partition coefficient (Wildman–Crippen LogP) is 1.59. The fraction of sp³-hybridized carbons (Fsp3) is 0.400. The van der Waals surface area contributed by atoms with Gasteiger partial charge in [-0.1, -0.05) is 12.1 Å². The fourth-order valence-corrected chi connectivity index (χ4v) is 2.84. The van der Waals surface area contributed by atoms with Crippen LogP contribution in [0.15, 0.2) is 41.7 Å². The summed E-state index contributed by atoms with van der Waals surface area (Å²) < 4.78 is 25.0. The van der Waals surface area contributed by atoms with Gasteiger partial charge < -0.3 is 9.88 Å². The van der Waals surface area contributed by atoms with Crippen molar-refractivity contribution in [3.8, 4) is 0 Å². The van der Waals surface area contributed by atoms with Gasteiger partial charge in [-0.05, 0) is 30.5 Å². The van der Waals surface area contributed by atoms with Gasteiger partial charge in [0.05, 0.1) is 16.9 Å². The van der Waals surface area contributed by atoms with Gasteiger partial charge in [0, 0.05) is 31.6 Å². The number of nitrogens with one attached hydrogen (secondary N) is 1. The highest BCUT2D eigenvalue weighted by Crippen LogP contribution is 2.19. The van der Waals surface area contributed by atoms with E-state index in [4.69, 9.17) is 0 Å². The third-order valence-electron chi connectivity index (χ3n) is 3.65. The van der Waals surface area contributed by atoms with Gasteiger partial charge in [-0.25, -0.2) is 13.4 Å². The van der Waals surface area contributed by atoms with Gasteiger partial charge in [0.15, 0.2) is 9.84 Å². The van der Waals surface area contributed by atoms with E-state index in [0.717, 1.165) is 17.8 Å². The first-order valence-electron chi connectivity index (χ1n) is 7.04. The standard InChI is InChI=1S/C15H19N3O2S/c1-21(19,20)15-6-2-12(3-7-15)10-18-11-16-8-14(18)9-17-13-4-5-13/h2-3,6-8,11,13,17H,4-5,9-10H2,1H3. The monoisotopic (exact) mass is 305 g/mol. The molecule has 1 saturated carbocycles. The third kappa shape index (κ3) is 3.71. The van der Waals surface area contributed by atoms with Crippen molar-refractivity contribution in [3.63, 3.8) is 0 Å². The molecule has 2 aromatic rings. The minimum absolute atomic E-state index is 0.354. The maximum Gasteiger partial charge on any atom is 0.175 e. The lowest BCUT2D eigenvalue weighted by Crippen LogP contribution is -2.18. The van der Waals surface area contributed by atoms with Crippen LogP contribution in [-0.4, -0.2) is 30.3 Å². The summed E-state index contributed by atoms with van der Waals surface area (Å²) >= 11 is 0. The van der Waals surface area contributed by atoms with Crippen LogP contribution in [0, 0.1) is 0 Å². The van der Waals surface area contributed by atoms with E-state index in [2.05, 4.69) is 14.9 Å². The summed E-state index contributed by atoms with van der Waals surface area (Å²) in [4.78, 5) is 4.55. The van der Waals surface area contributed by atoms with Crippen molar-refractivity contribution in [3.05, 3.63) is 48.0 Å². The molecule has 0 aliphatic heterocycles. The van der Waals surface area contributed by atoms with E-state index in [1.165, 1.54) is 19.1 Å². The quantitative estimate of drug-likeness (QED) is 0.880. The first-order valence-corrected chi connectivity index (χ1v) is 8.93. The Morgan fingerprint density at radius 2 is 2.00 bits per heavy atom. The zero-order chi connectivity index (χ0) is 14.9. The van der Waals surface area contributed by atoms with Gasteiger partial charge in [-0.3, -0.25) is 0 Å². The third-order valence-corrected chi connectivity index (χ3v) is 4.78. The van der Waals surface area contributed by atoms with Gasteiger partial charge in [0.25, 0.3) is 0 Å². The minimum atomic E-state index is -3.13. The Morgan fingerprint density at radius 1 is 1.29 bits per heavy atom. The van der Waals surface area contributed by atoms with Gasteiger partial charge in [-0.2, -0.15) is 0 Å². The second-order valence-corrected chi connectivity index (χ2v) is 7.60. The van der Waals surface area contributed by atoms with E-state index in [1.807, 2.05) is 24.7 Å². The Labute approximate surface area is 124 Å². The molecule has 0 unspecified atom stereocenters. The van der Waals surface area contributed by atoms with Crippen molar-refractivity contribution in [1.29, 1.82) is 0 Å². The van der Waals surface area contributed by atoms with Crippen molar-refractivity contribution in [2.45, 2.75) is 36.9 Å². The molecule has 21 heavy (non-hydrogen) atoms. The number of rotatable bonds is 6. The molecule has 0 radical (unpaired) electrons. The van der Waals surface area contributed by atoms with Crippen LogP contribution < -0.4 is 5.32 Å². The van der Waals surface area contributed by atoms with E-state index in [0.29, 0.717) is 17.5 Å². The molecule has 0 amide bonds. The Morgan fingerprint density at radius 3 is 2.62 bits per heavy atom. The summed E-state index contributed by atoms with van der Waals surface area (Å²) in [6.45, 7) is 1.53. The van der Waals surface area contributed by atoms with Crippen molar-refractivity contribution in [2.75, 3.05) is 6.26 Å². The molecule has 112 valence electrons. The molecule has 1 N–H and O–H groups in total. The zero-order valence-corrected chi connectivity index (χ0v) is 12.8. The number of hydrogen-bond acceptors (Lipinski definition) is 4. The lowest BCUT2D eigenvalue weighted by atomic mass is 10.2. The highest BCUT2D eigenvalue weighted by atomic mass is 32.2. The molecule has 1 fully saturated rings. The van der Waals surface area contributed by atoms with Crippen LogP contribution in [0.3, 0.4) is 0 Å². The average Bonchev–Trinajstić information content (AvgIpc) is 3.17. The number of hydrogen-bond donors (Lipinski definition) is 1. The van der Waals surface area contributed by atoms with Gasteiger partial charge in [-0.15, -0.1) is 0 Å². The Hall–Kier alpha value is -1.66. The van der Waals surface area contributed by atoms with Crippen LogP contribution in [0.4, 0.5) is 0 Å². The molecule has 3 rings (SSSR count). The lowest BCUT2D eigenvalue weighted by molar-refractivity contribution is 0.601. The summed E-state index contributed by atoms with van der Waals surface area (Å²) in [5.74, 6) is 0. The summed E-state index contributed by atoms with van der Waals surface area (Å²) in [6.07, 6.45) is 7.44. The van der Waals surface area contributed by atoms with Crippen LogP contribution in [-0.2, 0) is 22.9 Å². The number of imidazole rings is 1. The Kier molecular flexibility index (Phi) is 3.82. The molecule has 0 atom stereocenters. The minimum Gasteiger partial charge on any atom is -0.329 e. The van der Waals surface area contributed by atoms with E-state index < -0.39 is 9.84 Å². The van der Waals surface area contributed by atoms with Crippen molar-refractivity contribution >= 4 is 9.84 Å². The number of aromatic nitrogens is 2. The molecular formula is C15H19N3O2S. The second kappa shape index (κ2) is 5.61. The van der Waals surface area contributed by atoms with Crippen LogP contribution in [0.2, 0.25) is 0 Å². The van der Waals surface area contributed by atoms with Crippen LogP contribution in [0.5, 0.6) is 0 Å². The predicted molar refractivity (Wildman–Crippen MR) is 80.7 cm³/mol. The molecule has 1 heterocycles. The van der Waals surface area contributed by atoms with Gasteiger partial charge in [0.1, 0.15) is 0 Å². The van der Waals surface area contributed by atoms with Crippen LogP contribution in [0.25, 0.3) is 0 Å². The van der Waals surface area contributed by atoms with Gasteiger partial charge >= 0.3 is 0 Å². The summed E-state index contributed by atoms with van der Waals surface area (Å²) in [7, 11) is -3.13. The molecule has 1 aliphatic rings. The molecule has 1 aromatic carbocycles. The van der Waals surface area contributed by atoms with Crippen molar-refractivity contribution in [1.82, 2.24) is 14.9 Å². The smallest absolute Gasteiger partial charge is 0.175 e. The van der Waals surface area contributed by atoms with Gasteiger partial charge in [0.2, 0.25) is 0 Å². The average molecular weight is 305 g/mol. The normalized spacial score (nSPS) is 15.3. The highest BCUT2D eigenvalue weighted by molar-refractivity contribution is 7.90. The number of nitrogens with zero attached hydrogens (tertiary/aromatic N) is 2. The topological polar surface area (TPSA) is 64.0 Å². The lowest BCUT2D eigenvalue weighted by Gasteiger charge is -2.09. The first-order chi connectivity index (χ1) is 10.0. The highest BCUT2D eigenvalue weighted by Gasteiger charge is 2.20. The molecule has 0 saturated heterocycles. The number of sulfone groups is 1. The van der Waals surface area contributed by atoms with E-state index in [1.54, 1.807) is 12.1 Å². The summed E-state index contributed by atoms with van der Waals surface area (Å²) in [6, 6.07) is 7.69.